The van der Waals surface area contributed by atoms with E-state index in [2.05, 4.69) is 25.7 Å². The highest BCUT2D eigenvalue weighted by Gasteiger charge is 2.16. The molecule has 2 nitrogen and oxygen atoms in total. The maximum Gasteiger partial charge on any atom is 0.137 e. The lowest BCUT2D eigenvalue weighted by atomic mass is 10.2. The first kappa shape index (κ1) is 15.2. The van der Waals surface area contributed by atoms with Crippen molar-refractivity contribution in [3.8, 4) is 0 Å². The molecule has 0 atom stereocenters. The van der Waals surface area contributed by atoms with Crippen LogP contribution in [0.2, 0.25) is 0 Å². The average molecular weight is 350 g/mol. The molecule has 0 N–H and O–H groups in total. The number of hydrogen-bond acceptors (Lipinski definition) is 2. The van der Waals surface area contributed by atoms with Gasteiger partial charge in [-0.05, 0) is 47.1 Å². The third-order valence-corrected chi connectivity index (χ3v) is 4.56. The second-order valence-electron chi connectivity index (χ2n) is 4.87. The van der Waals surface area contributed by atoms with E-state index in [1.807, 2.05) is 6.07 Å². The van der Waals surface area contributed by atoms with Gasteiger partial charge in [0.05, 0.1) is 4.47 Å². The molecular weight excluding hydrogens is 331 g/mol. The van der Waals surface area contributed by atoms with Gasteiger partial charge in [0.1, 0.15) is 5.82 Å². The molecule has 1 heterocycles. The molecule has 0 saturated carbocycles. The second-order valence-corrected chi connectivity index (χ2v) is 6.04. The highest BCUT2D eigenvalue weighted by Crippen LogP contribution is 2.22. The van der Waals surface area contributed by atoms with E-state index in [0.717, 1.165) is 51.3 Å². The molecule has 0 amide bonds. The molecule has 1 aromatic rings. The molecular formula is C14H19BrClFN2. The third kappa shape index (κ3) is 4.42. The lowest BCUT2D eigenvalue weighted by molar-refractivity contribution is 0.257. The average Bonchev–Trinajstić information content (AvgIpc) is 2.61. The molecule has 0 unspecified atom stereocenters. The highest BCUT2D eigenvalue weighted by atomic mass is 79.9. The van der Waals surface area contributed by atoms with Gasteiger partial charge in [-0.25, -0.2) is 4.39 Å². The van der Waals surface area contributed by atoms with Crippen LogP contribution in [0.25, 0.3) is 0 Å². The Hall–Kier alpha value is -0.160. The SMILES string of the molecule is Fc1cccc(CN2CCCN(CCCl)CC2)c1Br. The van der Waals surface area contributed by atoms with E-state index in [1.54, 1.807) is 6.07 Å². The molecule has 106 valence electrons. The van der Waals surface area contributed by atoms with E-state index in [4.69, 9.17) is 11.6 Å². The number of rotatable bonds is 4. The summed E-state index contributed by atoms with van der Waals surface area (Å²) in [4.78, 5) is 4.78. The largest absolute Gasteiger partial charge is 0.301 e. The summed E-state index contributed by atoms with van der Waals surface area (Å²) in [7, 11) is 0. The van der Waals surface area contributed by atoms with Crippen molar-refractivity contribution in [3.63, 3.8) is 0 Å². The summed E-state index contributed by atoms with van der Waals surface area (Å²) in [6.07, 6.45) is 1.14. The Morgan fingerprint density at radius 3 is 2.68 bits per heavy atom. The topological polar surface area (TPSA) is 6.48 Å². The van der Waals surface area contributed by atoms with Crippen LogP contribution in [-0.4, -0.2) is 48.4 Å². The molecule has 0 aliphatic carbocycles. The third-order valence-electron chi connectivity index (χ3n) is 3.51. The van der Waals surface area contributed by atoms with Gasteiger partial charge in [-0.2, -0.15) is 0 Å². The summed E-state index contributed by atoms with van der Waals surface area (Å²) in [6, 6.07) is 5.24. The zero-order chi connectivity index (χ0) is 13.7. The van der Waals surface area contributed by atoms with Gasteiger partial charge >= 0.3 is 0 Å². The van der Waals surface area contributed by atoms with Crippen molar-refractivity contribution in [2.75, 3.05) is 38.6 Å². The fourth-order valence-electron chi connectivity index (χ4n) is 2.44. The maximum atomic E-state index is 13.5. The van der Waals surface area contributed by atoms with Crippen LogP contribution >= 0.6 is 27.5 Å². The summed E-state index contributed by atoms with van der Waals surface area (Å²) in [5.41, 5.74) is 1.02. The fourth-order valence-corrected chi connectivity index (χ4v) is 3.07. The first-order chi connectivity index (χ1) is 9.20. The Morgan fingerprint density at radius 1 is 1.16 bits per heavy atom. The van der Waals surface area contributed by atoms with Crippen LogP contribution in [-0.2, 0) is 6.54 Å². The van der Waals surface area contributed by atoms with Crippen LogP contribution in [0.5, 0.6) is 0 Å². The van der Waals surface area contributed by atoms with Crippen molar-refractivity contribution in [1.82, 2.24) is 9.80 Å². The van der Waals surface area contributed by atoms with Crippen LogP contribution in [0.15, 0.2) is 22.7 Å². The summed E-state index contributed by atoms with van der Waals surface area (Å²) < 4.78 is 14.1. The Kier molecular flexibility index (Phi) is 6.07. The molecule has 1 fully saturated rings. The van der Waals surface area contributed by atoms with E-state index in [-0.39, 0.29) is 5.82 Å². The van der Waals surface area contributed by atoms with Crippen LogP contribution in [0.3, 0.4) is 0 Å². The highest BCUT2D eigenvalue weighted by molar-refractivity contribution is 9.10. The molecule has 1 aliphatic rings. The summed E-state index contributed by atoms with van der Waals surface area (Å²) in [5.74, 6) is 0.506. The van der Waals surface area contributed by atoms with Gasteiger partial charge in [0, 0.05) is 32.1 Å². The van der Waals surface area contributed by atoms with Crippen molar-refractivity contribution in [2.24, 2.45) is 0 Å². The second kappa shape index (κ2) is 7.58. The minimum atomic E-state index is -0.184. The first-order valence-electron chi connectivity index (χ1n) is 6.64. The predicted octanol–water partition coefficient (Wildman–Crippen LogP) is 3.33. The lowest BCUT2D eigenvalue weighted by Gasteiger charge is -2.21. The molecule has 0 aromatic heterocycles. The van der Waals surface area contributed by atoms with Crippen LogP contribution < -0.4 is 0 Å². The van der Waals surface area contributed by atoms with Gasteiger partial charge in [0.25, 0.3) is 0 Å². The smallest absolute Gasteiger partial charge is 0.137 e. The zero-order valence-corrected chi connectivity index (χ0v) is 13.3. The van der Waals surface area contributed by atoms with Gasteiger partial charge in [-0.15, -0.1) is 11.6 Å². The molecule has 2 rings (SSSR count). The molecule has 5 heteroatoms. The summed E-state index contributed by atoms with van der Waals surface area (Å²) >= 11 is 9.12. The predicted molar refractivity (Wildman–Crippen MR) is 81.2 cm³/mol. The molecule has 1 aliphatic heterocycles. The molecule has 0 radical (unpaired) electrons. The van der Waals surface area contributed by atoms with E-state index >= 15 is 0 Å². The summed E-state index contributed by atoms with van der Waals surface area (Å²) in [6.45, 7) is 5.97. The van der Waals surface area contributed by atoms with Gasteiger partial charge in [-0.1, -0.05) is 12.1 Å². The number of halogens is 3. The zero-order valence-electron chi connectivity index (χ0n) is 10.9. The first-order valence-corrected chi connectivity index (χ1v) is 7.97. The molecule has 19 heavy (non-hydrogen) atoms. The fraction of sp³-hybridized carbons (Fsp3) is 0.571. The van der Waals surface area contributed by atoms with Crippen molar-refractivity contribution < 1.29 is 4.39 Å². The monoisotopic (exact) mass is 348 g/mol. The van der Waals surface area contributed by atoms with E-state index in [1.165, 1.54) is 6.07 Å². The van der Waals surface area contributed by atoms with E-state index in [0.29, 0.717) is 10.4 Å². The van der Waals surface area contributed by atoms with Gasteiger partial charge in [0.15, 0.2) is 0 Å². The van der Waals surface area contributed by atoms with Crippen molar-refractivity contribution in [2.45, 2.75) is 13.0 Å². The Bertz CT molecular complexity index is 416. The minimum absolute atomic E-state index is 0.184. The van der Waals surface area contributed by atoms with E-state index in [9.17, 15) is 4.39 Å². The van der Waals surface area contributed by atoms with Crippen molar-refractivity contribution in [3.05, 3.63) is 34.1 Å². The number of alkyl halides is 1. The normalized spacial score (nSPS) is 18.5. The molecule has 0 bridgehead atoms. The number of hydrogen-bond donors (Lipinski definition) is 0. The molecule has 1 saturated heterocycles. The molecule has 0 spiro atoms. The minimum Gasteiger partial charge on any atom is -0.301 e. The molecule has 1 aromatic carbocycles. The van der Waals surface area contributed by atoms with Crippen molar-refractivity contribution in [1.29, 1.82) is 0 Å². The standard InChI is InChI=1S/C14H19BrClFN2/c15-14-12(3-1-4-13(14)17)11-19-7-2-6-18(8-5-16)9-10-19/h1,3-4H,2,5-11H2. The number of benzene rings is 1. The Labute approximate surface area is 127 Å². The van der Waals surface area contributed by atoms with Gasteiger partial charge in [0.2, 0.25) is 0 Å². The lowest BCUT2D eigenvalue weighted by Crippen LogP contribution is -2.31. The summed E-state index contributed by atoms with van der Waals surface area (Å²) in [5, 5.41) is 0. The van der Waals surface area contributed by atoms with Crippen LogP contribution in [0.4, 0.5) is 4.39 Å². The maximum absolute atomic E-state index is 13.5. The Morgan fingerprint density at radius 2 is 1.89 bits per heavy atom. The quantitative estimate of drug-likeness (QED) is 0.769. The van der Waals surface area contributed by atoms with Crippen molar-refractivity contribution >= 4 is 27.5 Å². The van der Waals surface area contributed by atoms with Gasteiger partial charge < -0.3 is 4.90 Å². The van der Waals surface area contributed by atoms with Crippen LogP contribution in [0.1, 0.15) is 12.0 Å². The number of nitrogens with zero attached hydrogens (tertiary/aromatic N) is 2. The van der Waals surface area contributed by atoms with Crippen LogP contribution in [0, 0.1) is 5.82 Å². The van der Waals surface area contributed by atoms with E-state index < -0.39 is 0 Å². The van der Waals surface area contributed by atoms with Gasteiger partial charge in [-0.3, -0.25) is 4.90 Å². The Balaban J connectivity index is 1.94.